The van der Waals surface area contributed by atoms with E-state index in [-0.39, 0.29) is 0 Å². The first kappa shape index (κ1) is 7.34. The maximum absolute atomic E-state index is 4.20. The Kier molecular flexibility index (Phi) is 1.81. The molecule has 0 aromatic carbocycles. The molecule has 4 nitrogen and oxygen atoms in total. The lowest BCUT2D eigenvalue weighted by Gasteiger charge is -2.20. The van der Waals surface area contributed by atoms with Crippen LogP contribution in [0.5, 0.6) is 0 Å². The zero-order chi connectivity index (χ0) is 8.39. The Bertz CT molecular complexity index is 270. The van der Waals surface area contributed by atoms with Crippen molar-refractivity contribution in [1.29, 1.82) is 0 Å². The molecule has 64 valence electrons. The van der Waals surface area contributed by atoms with E-state index in [0.29, 0.717) is 0 Å². The minimum absolute atomic E-state index is 0.938. The maximum atomic E-state index is 4.20. The third-order valence-corrected chi connectivity index (χ3v) is 1.98. The highest BCUT2D eigenvalue weighted by molar-refractivity contribution is 5.68. The van der Waals surface area contributed by atoms with E-state index in [1.165, 1.54) is 0 Å². The molecular formula is C8H12N4. The molecule has 0 saturated carbocycles. The summed E-state index contributed by atoms with van der Waals surface area (Å²) < 4.78 is 0. The standard InChI is InChI=1S/C8H12N4/c1-2-6-7-8(12-5-11-6)10-4-3-9-7/h5,9H,2-4H2,1H3,(H,10,11,12). The Morgan fingerprint density at radius 3 is 3.00 bits per heavy atom. The van der Waals surface area contributed by atoms with Crippen LogP contribution in [0.3, 0.4) is 0 Å². The van der Waals surface area contributed by atoms with Gasteiger partial charge in [0.25, 0.3) is 0 Å². The van der Waals surface area contributed by atoms with E-state index < -0.39 is 0 Å². The number of aromatic nitrogens is 2. The lowest BCUT2D eigenvalue weighted by molar-refractivity contribution is 0.944. The third-order valence-electron chi connectivity index (χ3n) is 1.98. The number of nitrogens with one attached hydrogen (secondary N) is 2. The van der Waals surface area contributed by atoms with Gasteiger partial charge in [0.2, 0.25) is 0 Å². The molecule has 0 radical (unpaired) electrons. The minimum Gasteiger partial charge on any atom is -0.379 e. The molecule has 0 aliphatic carbocycles. The van der Waals surface area contributed by atoms with E-state index in [2.05, 4.69) is 27.5 Å². The van der Waals surface area contributed by atoms with Crippen molar-refractivity contribution in [3.8, 4) is 0 Å². The summed E-state index contributed by atoms with van der Waals surface area (Å²) in [5.74, 6) is 0.938. The first-order chi connectivity index (χ1) is 5.92. The van der Waals surface area contributed by atoms with E-state index >= 15 is 0 Å². The highest BCUT2D eigenvalue weighted by Crippen LogP contribution is 2.23. The number of fused-ring (bicyclic) bond motifs is 1. The van der Waals surface area contributed by atoms with E-state index in [4.69, 9.17) is 0 Å². The van der Waals surface area contributed by atoms with Gasteiger partial charge in [0.05, 0.1) is 11.4 Å². The van der Waals surface area contributed by atoms with Crippen LogP contribution in [0.15, 0.2) is 6.33 Å². The summed E-state index contributed by atoms with van der Waals surface area (Å²) in [6.45, 7) is 3.99. The Hall–Kier alpha value is -1.32. The molecule has 1 aliphatic heterocycles. The van der Waals surface area contributed by atoms with Crippen molar-refractivity contribution in [3.63, 3.8) is 0 Å². The van der Waals surface area contributed by atoms with E-state index in [1.807, 2.05) is 0 Å². The molecule has 0 atom stereocenters. The van der Waals surface area contributed by atoms with Crippen molar-refractivity contribution in [1.82, 2.24) is 9.97 Å². The molecule has 4 heteroatoms. The van der Waals surface area contributed by atoms with Crippen LogP contribution in [0.1, 0.15) is 12.6 Å². The normalized spacial score (nSPS) is 14.4. The van der Waals surface area contributed by atoms with Crippen molar-refractivity contribution in [2.75, 3.05) is 23.7 Å². The zero-order valence-electron chi connectivity index (χ0n) is 7.09. The molecule has 0 spiro atoms. The second-order valence-electron chi connectivity index (χ2n) is 2.75. The van der Waals surface area contributed by atoms with Crippen LogP contribution in [0, 0.1) is 0 Å². The van der Waals surface area contributed by atoms with Crippen LogP contribution < -0.4 is 10.6 Å². The number of rotatable bonds is 1. The van der Waals surface area contributed by atoms with Gasteiger partial charge in [-0.2, -0.15) is 0 Å². The van der Waals surface area contributed by atoms with E-state index in [1.54, 1.807) is 6.33 Å². The van der Waals surface area contributed by atoms with Gasteiger partial charge >= 0.3 is 0 Å². The predicted molar refractivity (Wildman–Crippen MR) is 48.4 cm³/mol. The van der Waals surface area contributed by atoms with Gasteiger partial charge in [-0.25, -0.2) is 9.97 Å². The highest BCUT2D eigenvalue weighted by Gasteiger charge is 2.12. The Balaban J connectivity index is 2.44. The summed E-state index contributed by atoms with van der Waals surface area (Å²) in [6.07, 6.45) is 2.55. The zero-order valence-corrected chi connectivity index (χ0v) is 7.09. The summed E-state index contributed by atoms with van der Waals surface area (Å²) in [5.41, 5.74) is 2.17. The predicted octanol–water partition coefficient (Wildman–Crippen LogP) is 0.876. The van der Waals surface area contributed by atoms with Gasteiger partial charge in [-0.05, 0) is 6.42 Å². The number of nitrogens with zero attached hydrogens (tertiary/aromatic N) is 2. The Morgan fingerprint density at radius 2 is 2.17 bits per heavy atom. The highest BCUT2D eigenvalue weighted by atomic mass is 15.1. The van der Waals surface area contributed by atoms with Crippen molar-refractivity contribution >= 4 is 11.5 Å². The molecule has 0 fully saturated rings. The average Bonchev–Trinajstić information content (AvgIpc) is 2.17. The Labute approximate surface area is 71.4 Å². The van der Waals surface area contributed by atoms with Crippen LogP contribution in [-0.4, -0.2) is 23.1 Å². The number of hydrogen-bond acceptors (Lipinski definition) is 4. The SMILES string of the molecule is CCc1ncnc2c1NCCN2. The van der Waals surface area contributed by atoms with Crippen LogP contribution in [0.2, 0.25) is 0 Å². The molecule has 1 aliphatic rings. The molecule has 1 aromatic heterocycles. The van der Waals surface area contributed by atoms with Crippen LogP contribution in [0.25, 0.3) is 0 Å². The molecule has 0 saturated heterocycles. The van der Waals surface area contributed by atoms with Crippen molar-refractivity contribution < 1.29 is 0 Å². The number of anilines is 2. The average molecular weight is 164 g/mol. The van der Waals surface area contributed by atoms with Crippen molar-refractivity contribution in [3.05, 3.63) is 12.0 Å². The summed E-state index contributed by atoms with van der Waals surface area (Å²) in [4.78, 5) is 8.34. The van der Waals surface area contributed by atoms with E-state index in [9.17, 15) is 0 Å². The van der Waals surface area contributed by atoms with Gasteiger partial charge in [0.1, 0.15) is 6.33 Å². The molecule has 2 rings (SSSR count). The third kappa shape index (κ3) is 1.09. The molecule has 0 amide bonds. The van der Waals surface area contributed by atoms with Gasteiger partial charge in [-0.3, -0.25) is 0 Å². The number of hydrogen-bond donors (Lipinski definition) is 2. The second kappa shape index (κ2) is 2.97. The quantitative estimate of drug-likeness (QED) is 0.646. The summed E-state index contributed by atoms with van der Waals surface area (Å²) in [6, 6.07) is 0. The lowest BCUT2D eigenvalue weighted by atomic mass is 10.2. The Morgan fingerprint density at radius 1 is 1.33 bits per heavy atom. The molecule has 2 N–H and O–H groups in total. The summed E-state index contributed by atoms with van der Waals surface area (Å²) in [7, 11) is 0. The largest absolute Gasteiger partial charge is 0.379 e. The maximum Gasteiger partial charge on any atom is 0.153 e. The van der Waals surface area contributed by atoms with Crippen LogP contribution in [0.4, 0.5) is 11.5 Å². The monoisotopic (exact) mass is 164 g/mol. The first-order valence-electron chi connectivity index (χ1n) is 4.23. The van der Waals surface area contributed by atoms with Gasteiger partial charge in [0, 0.05) is 13.1 Å². The van der Waals surface area contributed by atoms with Crippen molar-refractivity contribution in [2.24, 2.45) is 0 Å². The molecule has 0 unspecified atom stereocenters. The minimum atomic E-state index is 0.938. The van der Waals surface area contributed by atoms with Crippen molar-refractivity contribution in [2.45, 2.75) is 13.3 Å². The molecular weight excluding hydrogens is 152 g/mol. The van der Waals surface area contributed by atoms with Gasteiger partial charge in [-0.15, -0.1) is 0 Å². The van der Waals surface area contributed by atoms with Gasteiger partial charge in [0.15, 0.2) is 5.82 Å². The summed E-state index contributed by atoms with van der Waals surface area (Å²) >= 11 is 0. The van der Waals surface area contributed by atoms with Crippen LogP contribution >= 0.6 is 0 Å². The summed E-state index contributed by atoms with van der Waals surface area (Å²) in [5, 5.41) is 6.52. The second-order valence-corrected chi connectivity index (χ2v) is 2.75. The molecule has 1 aromatic rings. The lowest BCUT2D eigenvalue weighted by Crippen LogP contribution is -2.23. The van der Waals surface area contributed by atoms with Gasteiger partial charge < -0.3 is 10.6 Å². The fourth-order valence-corrected chi connectivity index (χ4v) is 1.38. The topological polar surface area (TPSA) is 49.8 Å². The first-order valence-corrected chi connectivity index (χ1v) is 4.23. The van der Waals surface area contributed by atoms with E-state index in [0.717, 1.165) is 36.7 Å². The molecule has 2 heterocycles. The van der Waals surface area contributed by atoms with Crippen LogP contribution in [-0.2, 0) is 6.42 Å². The fourth-order valence-electron chi connectivity index (χ4n) is 1.38. The fraction of sp³-hybridized carbons (Fsp3) is 0.500. The smallest absolute Gasteiger partial charge is 0.153 e. The molecule has 0 bridgehead atoms. The molecule has 12 heavy (non-hydrogen) atoms. The number of aryl methyl sites for hydroxylation is 1. The van der Waals surface area contributed by atoms with Gasteiger partial charge in [-0.1, -0.05) is 6.92 Å².